The Morgan fingerprint density at radius 1 is 1.00 bits per heavy atom. The van der Waals surface area contributed by atoms with Crippen LogP contribution in [0.1, 0.15) is 28.5 Å². The van der Waals surface area contributed by atoms with Gasteiger partial charge in [-0.1, -0.05) is 22.0 Å². The molecule has 0 unspecified atom stereocenters. The number of aryl methyl sites for hydroxylation is 1. The molecular weight excluding hydrogens is 408 g/mol. The van der Waals surface area contributed by atoms with Gasteiger partial charge in [-0.3, -0.25) is 9.59 Å². The minimum absolute atomic E-state index is 0.200. The van der Waals surface area contributed by atoms with E-state index < -0.39 is 0 Å². The van der Waals surface area contributed by atoms with Gasteiger partial charge in [-0.25, -0.2) is 4.68 Å². The first-order valence-corrected chi connectivity index (χ1v) is 9.14. The summed E-state index contributed by atoms with van der Waals surface area (Å²) in [5, 5.41) is 9.94. The number of rotatable bonds is 4. The zero-order valence-electron chi connectivity index (χ0n) is 15.2. The molecule has 0 radical (unpaired) electrons. The lowest BCUT2D eigenvalue weighted by Gasteiger charge is -2.12. The van der Waals surface area contributed by atoms with Crippen molar-refractivity contribution < 1.29 is 9.59 Å². The number of halogens is 1. The van der Waals surface area contributed by atoms with Gasteiger partial charge in [0.2, 0.25) is 5.91 Å². The number of amides is 2. The largest absolute Gasteiger partial charge is 0.325 e. The zero-order valence-corrected chi connectivity index (χ0v) is 16.8. The second-order valence-electron chi connectivity index (χ2n) is 6.22. The maximum absolute atomic E-state index is 12.8. The van der Waals surface area contributed by atoms with E-state index in [-0.39, 0.29) is 11.8 Å². The van der Waals surface area contributed by atoms with E-state index in [9.17, 15) is 9.59 Å². The Kier molecular flexibility index (Phi) is 5.41. The number of hydrogen-bond donors (Lipinski definition) is 2. The average molecular weight is 427 g/mol. The summed E-state index contributed by atoms with van der Waals surface area (Å²) >= 11 is 3.41. The Labute approximate surface area is 165 Å². The Bertz CT molecular complexity index is 1010. The maximum Gasteiger partial charge on any atom is 0.259 e. The molecule has 1 aromatic heterocycles. The molecule has 0 bridgehead atoms. The molecular formula is C20H19BrN4O2. The molecule has 7 heteroatoms. The Hall–Kier alpha value is -2.93. The van der Waals surface area contributed by atoms with Crippen LogP contribution in [0.3, 0.4) is 0 Å². The van der Waals surface area contributed by atoms with Gasteiger partial charge in [0.25, 0.3) is 5.91 Å². The summed E-state index contributed by atoms with van der Waals surface area (Å²) < 4.78 is 2.69. The maximum atomic E-state index is 12.8. The quantitative estimate of drug-likeness (QED) is 0.646. The van der Waals surface area contributed by atoms with Crippen LogP contribution in [0.15, 0.2) is 53.1 Å². The fraction of sp³-hybridized carbons (Fsp3) is 0.150. The summed E-state index contributed by atoms with van der Waals surface area (Å²) in [6.45, 7) is 5.19. The molecule has 0 aliphatic carbocycles. The van der Waals surface area contributed by atoms with E-state index in [2.05, 4.69) is 31.7 Å². The van der Waals surface area contributed by atoms with Crippen molar-refractivity contribution in [3.05, 3.63) is 70.0 Å². The third-order valence-electron chi connectivity index (χ3n) is 4.06. The minimum Gasteiger partial charge on any atom is -0.325 e. The standard InChI is InChI=1S/C20H19BrN4O2/c1-12-4-9-18(23-14(3)26)19(10-12)24-20(27)17-11-22-25(13(17)2)16-7-5-15(21)6-8-16/h4-11H,1-3H3,(H,23,26)(H,24,27). The van der Waals surface area contributed by atoms with Gasteiger partial charge in [-0.2, -0.15) is 5.10 Å². The molecule has 2 amide bonds. The van der Waals surface area contributed by atoms with Crippen molar-refractivity contribution in [3.8, 4) is 5.69 Å². The lowest BCUT2D eigenvalue weighted by atomic mass is 10.1. The highest BCUT2D eigenvalue weighted by molar-refractivity contribution is 9.10. The molecule has 3 rings (SSSR count). The topological polar surface area (TPSA) is 76.0 Å². The predicted molar refractivity (Wildman–Crippen MR) is 109 cm³/mol. The van der Waals surface area contributed by atoms with Crippen molar-refractivity contribution >= 4 is 39.1 Å². The fourth-order valence-corrected chi connectivity index (χ4v) is 2.99. The van der Waals surface area contributed by atoms with Crippen molar-refractivity contribution in [3.63, 3.8) is 0 Å². The monoisotopic (exact) mass is 426 g/mol. The first kappa shape index (κ1) is 18.8. The van der Waals surface area contributed by atoms with Gasteiger partial charge in [0.05, 0.1) is 34.5 Å². The highest BCUT2D eigenvalue weighted by atomic mass is 79.9. The Balaban J connectivity index is 1.89. The molecule has 0 saturated heterocycles. The van der Waals surface area contributed by atoms with Gasteiger partial charge < -0.3 is 10.6 Å². The van der Waals surface area contributed by atoms with Crippen LogP contribution in [0.25, 0.3) is 5.69 Å². The van der Waals surface area contributed by atoms with Gasteiger partial charge in [0.1, 0.15) is 0 Å². The molecule has 1 heterocycles. The fourth-order valence-electron chi connectivity index (χ4n) is 2.72. The summed E-state index contributed by atoms with van der Waals surface area (Å²) in [4.78, 5) is 24.2. The molecule has 2 N–H and O–H groups in total. The van der Waals surface area contributed by atoms with Crippen LogP contribution < -0.4 is 10.6 Å². The highest BCUT2D eigenvalue weighted by Gasteiger charge is 2.17. The molecule has 0 fully saturated rings. The second-order valence-corrected chi connectivity index (χ2v) is 7.13. The van der Waals surface area contributed by atoms with Crippen LogP contribution >= 0.6 is 15.9 Å². The minimum atomic E-state index is -0.284. The van der Waals surface area contributed by atoms with Gasteiger partial charge >= 0.3 is 0 Å². The Morgan fingerprint density at radius 3 is 2.37 bits per heavy atom. The van der Waals surface area contributed by atoms with Crippen LogP contribution in [0.2, 0.25) is 0 Å². The molecule has 0 aliphatic rings. The zero-order chi connectivity index (χ0) is 19.6. The van der Waals surface area contributed by atoms with Crippen molar-refractivity contribution in [2.24, 2.45) is 0 Å². The van der Waals surface area contributed by atoms with Crippen molar-refractivity contribution in [2.45, 2.75) is 20.8 Å². The van der Waals surface area contributed by atoms with E-state index in [0.717, 1.165) is 21.4 Å². The van der Waals surface area contributed by atoms with E-state index in [1.165, 1.54) is 6.92 Å². The number of carbonyl (C=O) groups is 2. The van der Waals surface area contributed by atoms with Gasteiger partial charge in [-0.05, 0) is 55.8 Å². The van der Waals surface area contributed by atoms with Gasteiger partial charge in [0.15, 0.2) is 0 Å². The predicted octanol–water partition coefficient (Wildman–Crippen LogP) is 4.46. The summed E-state index contributed by atoms with van der Waals surface area (Å²) in [5.41, 5.74) is 4.13. The molecule has 27 heavy (non-hydrogen) atoms. The highest BCUT2D eigenvalue weighted by Crippen LogP contribution is 2.25. The molecule has 2 aromatic carbocycles. The second kappa shape index (κ2) is 7.75. The summed E-state index contributed by atoms with van der Waals surface area (Å²) in [6.07, 6.45) is 1.54. The van der Waals surface area contributed by atoms with Gasteiger partial charge in [-0.15, -0.1) is 0 Å². The molecule has 0 spiro atoms. The lowest BCUT2D eigenvalue weighted by Crippen LogP contribution is -2.16. The van der Waals surface area contributed by atoms with Crippen molar-refractivity contribution in [1.82, 2.24) is 9.78 Å². The van der Waals surface area contributed by atoms with E-state index in [1.54, 1.807) is 16.9 Å². The number of nitrogens with one attached hydrogen (secondary N) is 2. The average Bonchev–Trinajstić information content (AvgIpc) is 2.99. The first-order chi connectivity index (χ1) is 12.8. The van der Waals surface area contributed by atoms with Crippen molar-refractivity contribution in [1.29, 1.82) is 0 Å². The summed E-state index contributed by atoms with van der Waals surface area (Å²) in [6, 6.07) is 13.1. The molecule has 0 aliphatic heterocycles. The van der Waals surface area contributed by atoms with Crippen LogP contribution in [-0.4, -0.2) is 21.6 Å². The first-order valence-electron chi connectivity index (χ1n) is 8.35. The van der Waals surface area contributed by atoms with E-state index in [0.29, 0.717) is 16.9 Å². The van der Waals surface area contributed by atoms with Crippen LogP contribution in [0.4, 0.5) is 11.4 Å². The molecule has 138 valence electrons. The van der Waals surface area contributed by atoms with Crippen LogP contribution in [0.5, 0.6) is 0 Å². The van der Waals surface area contributed by atoms with Crippen LogP contribution in [-0.2, 0) is 4.79 Å². The van der Waals surface area contributed by atoms with E-state index >= 15 is 0 Å². The summed E-state index contributed by atoms with van der Waals surface area (Å²) in [7, 11) is 0. The van der Waals surface area contributed by atoms with Crippen LogP contribution in [0, 0.1) is 13.8 Å². The number of hydrogen-bond acceptors (Lipinski definition) is 3. The van der Waals surface area contributed by atoms with Crippen molar-refractivity contribution in [2.75, 3.05) is 10.6 Å². The number of nitrogens with zero attached hydrogens (tertiary/aromatic N) is 2. The van der Waals surface area contributed by atoms with E-state index in [1.807, 2.05) is 50.2 Å². The molecule has 0 atom stereocenters. The SMILES string of the molecule is CC(=O)Nc1ccc(C)cc1NC(=O)c1cnn(-c2ccc(Br)cc2)c1C. The molecule has 0 saturated carbocycles. The number of benzene rings is 2. The lowest BCUT2D eigenvalue weighted by molar-refractivity contribution is -0.114. The van der Waals surface area contributed by atoms with E-state index in [4.69, 9.17) is 0 Å². The van der Waals surface area contributed by atoms with Gasteiger partial charge in [0, 0.05) is 11.4 Å². The third kappa shape index (κ3) is 4.25. The third-order valence-corrected chi connectivity index (χ3v) is 4.59. The molecule has 3 aromatic rings. The number of anilines is 2. The number of aromatic nitrogens is 2. The summed E-state index contributed by atoms with van der Waals surface area (Å²) in [5.74, 6) is -0.485. The molecule has 6 nitrogen and oxygen atoms in total. The Morgan fingerprint density at radius 2 is 1.70 bits per heavy atom. The normalized spacial score (nSPS) is 10.5. The smallest absolute Gasteiger partial charge is 0.259 e. The number of carbonyl (C=O) groups excluding carboxylic acids is 2.